The third-order valence-electron chi connectivity index (χ3n) is 2.22. The van der Waals surface area contributed by atoms with E-state index in [1.807, 2.05) is 19.2 Å². The highest BCUT2D eigenvalue weighted by atomic mass is 35.5. The number of halogens is 2. The fraction of sp³-hybridized carbons (Fsp3) is 0.273. The van der Waals surface area contributed by atoms with E-state index in [1.54, 1.807) is 17.4 Å². The number of benzene rings is 1. The summed E-state index contributed by atoms with van der Waals surface area (Å²) in [6.07, 6.45) is 0.884. The number of hydrogen-bond acceptors (Lipinski definition) is 4. The summed E-state index contributed by atoms with van der Waals surface area (Å²) in [4.78, 5) is 0. The van der Waals surface area contributed by atoms with E-state index in [1.165, 1.54) is 0 Å². The lowest BCUT2D eigenvalue weighted by molar-refractivity contribution is 0.779. The summed E-state index contributed by atoms with van der Waals surface area (Å²) >= 11 is 13.4. The molecule has 1 aromatic heterocycles. The molecule has 0 aliphatic heterocycles. The van der Waals surface area contributed by atoms with E-state index >= 15 is 0 Å². The molecule has 0 saturated heterocycles. The van der Waals surface area contributed by atoms with Crippen molar-refractivity contribution in [2.75, 3.05) is 13.6 Å². The van der Waals surface area contributed by atoms with Crippen LogP contribution in [0, 0.1) is 0 Å². The highest BCUT2D eigenvalue weighted by Gasteiger charge is 2.08. The Morgan fingerprint density at radius 3 is 2.76 bits per heavy atom. The first-order chi connectivity index (χ1) is 8.20. The molecule has 0 atom stereocenters. The molecule has 0 radical (unpaired) electrons. The summed E-state index contributed by atoms with van der Waals surface area (Å²) in [7, 11) is 1.92. The van der Waals surface area contributed by atoms with Gasteiger partial charge in [0.05, 0.1) is 10.0 Å². The van der Waals surface area contributed by atoms with Gasteiger partial charge in [-0.1, -0.05) is 40.6 Å². The van der Waals surface area contributed by atoms with Crippen LogP contribution in [-0.4, -0.2) is 23.8 Å². The maximum atomic E-state index is 5.97. The molecule has 0 aliphatic carbocycles. The lowest BCUT2D eigenvalue weighted by Gasteiger charge is -1.98. The van der Waals surface area contributed by atoms with Crippen LogP contribution >= 0.6 is 34.5 Å². The Morgan fingerprint density at radius 2 is 2.06 bits per heavy atom. The first kappa shape index (κ1) is 12.8. The minimum Gasteiger partial charge on any atom is -0.319 e. The number of likely N-dealkylation sites (N-methyl/N-ethyl adjacent to an activating group) is 1. The molecule has 1 heterocycles. The monoisotopic (exact) mass is 287 g/mol. The Balaban J connectivity index is 2.21. The smallest absolute Gasteiger partial charge is 0.147 e. The predicted octanol–water partition coefficient (Wildman–Crippen LogP) is 3.27. The maximum Gasteiger partial charge on any atom is 0.147 e. The molecule has 3 nitrogen and oxygen atoms in total. The van der Waals surface area contributed by atoms with E-state index in [4.69, 9.17) is 23.2 Å². The van der Waals surface area contributed by atoms with E-state index < -0.39 is 0 Å². The molecule has 1 aromatic carbocycles. The number of hydrogen-bond donors (Lipinski definition) is 1. The van der Waals surface area contributed by atoms with Crippen molar-refractivity contribution in [1.29, 1.82) is 0 Å². The van der Waals surface area contributed by atoms with Gasteiger partial charge in [0.15, 0.2) is 0 Å². The van der Waals surface area contributed by atoms with Gasteiger partial charge in [0, 0.05) is 18.5 Å². The van der Waals surface area contributed by atoms with E-state index in [2.05, 4.69) is 15.5 Å². The molecule has 2 aromatic rings. The molecule has 0 saturated carbocycles. The van der Waals surface area contributed by atoms with Crippen molar-refractivity contribution in [3.63, 3.8) is 0 Å². The summed E-state index contributed by atoms with van der Waals surface area (Å²) in [5, 5.41) is 14.3. The average molecular weight is 288 g/mol. The molecule has 0 bridgehead atoms. The van der Waals surface area contributed by atoms with Crippen LogP contribution in [0.25, 0.3) is 10.6 Å². The Bertz CT molecular complexity index is 513. The highest BCUT2D eigenvalue weighted by molar-refractivity contribution is 7.14. The van der Waals surface area contributed by atoms with Gasteiger partial charge in [0.1, 0.15) is 10.0 Å². The van der Waals surface area contributed by atoms with Gasteiger partial charge in [-0.15, -0.1) is 10.2 Å². The zero-order chi connectivity index (χ0) is 12.3. The molecule has 0 aliphatic rings. The summed E-state index contributed by atoms with van der Waals surface area (Å²) in [6, 6.07) is 5.48. The molecule has 0 spiro atoms. The normalized spacial score (nSPS) is 10.8. The number of nitrogens with zero attached hydrogens (tertiary/aromatic N) is 2. The molecule has 17 heavy (non-hydrogen) atoms. The van der Waals surface area contributed by atoms with Crippen molar-refractivity contribution in [3.05, 3.63) is 33.3 Å². The fourth-order valence-corrected chi connectivity index (χ4v) is 2.47. The standard InChI is InChI=1S/C11H11Cl2N3S/c1-14-5-4-10-15-16-11(17-10)7-2-3-8(12)9(13)6-7/h2-3,6,14H,4-5H2,1H3. The van der Waals surface area contributed by atoms with Crippen LogP contribution in [0.3, 0.4) is 0 Å². The van der Waals surface area contributed by atoms with Gasteiger partial charge in [-0.2, -0.15) is 0 Å². The van der Waals surface area contributed by atoms with Crippen LogP contribution in [0.2, 0.25) is 10.0 Å². The highest BCUT2D eigenvalue weighted by Crippen LogP contribution is 2.30. The molecule has 2 rings (SSSR count). The lowest BCUT2D eigenvalue weighted by atomic mass is 10.2. The second-order valence-electron chi connectivity index (χ2n) is 3.48. The van der Waals surface area contributed by atoms with Crippen molar-refractivity contribution in [1.82, 2.24) is 15.5 Å². The first-order valence-electron chi connectivity index (χ1n) is 5.13. The van der Waals surface area contributed by atoms with Gasteiger partial charge in [-0.05, 0) is 19.2 Å². The molecular weight excluding hydrogens is 277 g/mol. The Hall–Kier alpha value is -0.680. The van der Waals surface area contributed by atoms with Crippen LogP contribution in [0.5, 0.6) is 0 Å². The first-order valence-corrected chi connectivity index (χ1v) is 6.70. The number of nitrogens with one attached hydrogen (secondary N) is 1. The Labute approximate surface area is 114 Å². The van der Waals surface area contributed by atoms with Crippen molar-refractivity contribution < 1.29 is 0 Å². The topological polar surface area (TPSA) is 37.8 Å². The third-order valence-corrected chi connectivity index (χ3v) is 3.99. The van der Waals surface area contributed by atoms with Gasteiger partial charge in [0.25, 0.3) is 0 Å². The van der Waals surface area contributed by atoms with Crippen molar-refractivity contribution in [2.45, 2.75) is 6.42 Å². The van der Waals surface area contributed by atoms with E-state index in [9.17, 15) is 0 Å². The summed E-state index contributed by atoms with van der Waals surface area (Å²) in [5.41, 5.74) is 0.951. The molecule has 90 valence electrons. The second-order valence-corrected chi connectivity index (χ2v) is 5.36. The zero-order valence-corrected chi connectivity index (χ0v) is 11.5. The fourth-order valence-electron chi connectivity index (χ4n) is 1.33. The largest absolute Gasteiger partial charge is 0.319 e. The van der Waals surface area contributed by atoms with Gasteiger partial charge < -0.3 is 5.32 Å². The third kappa shape index (κ3) is 3.16. The molecule has 0 fully saturated rings. The minimum absolute atomic E-state index is 0.538. The summed E-state index contributed by atoms with van der Waals surface area (Å²) < 4.78 is 0. The zero-order valence-electron chi connectivity index (χ0n) is 9.20. The van der Waals surface area contributed by atoms with Crippen LogP contribution in [-0.2, 0) is 6.42 Å². The second kappa shape index (κ2) is 5.78. The number of rotatable bonds is 4. The van der Waals surface area contributed by atoms with Crippen molar-refractivity contribution in [2.24, 2.45) is 0 Å². The molecule has 0 unspecified atom stereocenters. The lowest BCUT2D eigenvalue weighted by Crippen LogP contribution is -2.09. The quantitative estimate of drug-likeness (QED) is 0.938. The SMILES string of the molecule is CNCCc1nnc(-c2ccc(Cl)c(Cl)c2)s1. The molecule has 6 heteroatoms. The Morgan fingerprint density at radius 1 is 1.24 bits per heavy atom. The van der Waals surface area contributed by atoms with Gasteiger partial charge in [0.2, 0.25) is 0 Å². The van der Waals surface area contributed by atoms with Crippen molar-refractivity contribution >= 4 is 34.5 Å². The summed E-state index contributed by atoms with van der Waals surface area (Å²) in [5.74, 6) is 0. The number of aromatic nitrogens is 2. The van der Waals surface area contributed by atoms with E-state index in [0.717, 1.165) is 28.5 Å². The summed E-state index contributed by atoms with van der Waals surface area (Å²) in [6.45, 7) is 0.899. The van der Waals surface area contributed by atoms with Gasteiger partial charge in [-0.25, -0.2) is 0 Å². The molecule has 0 amide bonds. The van der Waals surface area contributed by atoms with Crippen LogP contribution in [0.15, 0.2) is 18.2 Å². The van der Waals surface area contributed by atoms with E-state index in [-0.39, 0.29) is 0 Å². The molecular formula is C11H11Cl2N3S. The predicted molar refractivity (Wildman–Crippen MR) is 73.0 cm³/mol. The molecule has 1 N–H and O–H groups in total. The van der Waals surface area contributed by atoms with E-state index in [0.29, 0.717) is 10.0 Å². The van der Waals surface area contributed by atoms with Crippen LogP contribution in [0.4, 0.5) is 0 Å². The average Bonchev–Trinajstić information content (AvgIpc) is 2.79. The van der Waals surface area contributed by atoms with Crippen LogP contribution < -0.4 is 5.32 Å². The van der Waals surface area contributed by atoms with Gasteiger partial charge in [-0.3, -0.25) is 0 Å². The van der Waals surface area contributed by atoms with Crippen LogP contribution in [0.1, 0.15) is 5.01 Å². The van der Waals surface area contributed by atoms with Crippen molar-refractivity contribution in [3.8, 4) is 10.6 Å². The minimum atomic E-state index is 0.538. The van der Waals surface area contributed by atoms with Gasteiger partial charge >= 0.3 is 0 Å². The Kier molecular flexibility index (Phi) is 4.34. The maximum absolute atomic E-state index is 5.97.